The van der Waals surface area contributed by atoms with Crippen LogP contribution in [0.3, 0.4) is 0 Å². The molecule has 0 saturated heterocycles. The molecule has 0 aliphatic rings. The van der Waals surface area contributed by atoms with Gasteiger partial charge in [-0.1, -0.05) is 44.2 Å². The first-order valence-corrected chi connectivity index (χ1v) is 7.60. The third-order valence-electron chi connectivity index (χ3n) is 3.05. The fourth-order valence-electron chi connectivity index (χ4n) is 1.95. The van der Waals surface area contributed by atoms with E-state index < -0.39 is 12.1 Å². The van der Waals surface area contributed by atoms with Gasteiger partial charge in [0, 0.05) is 6.61 Å². The zero-order chi connectivity index (χ0) is 16.4. The SMILES string of the molecule is CCOCC(=O)[C@H](CC(C)C)NC(=O)OCc1ccccc1. The van der Waals surface area contributed by atoms with Crippen molar-refractivity contribution in [1.82, 2.24) is 5.32 Å². The summed E-state index contributed by atoms with van der Waals surface area (Å²) in [6.07, 6.45) is -0.0221. The largest absolute Gasteiger partial charge is 0.445 e. The number of nitrogens with one attached hydrogen (secondary N) is 1. The van der Waals surface area contributed by atoms with Crippen LogP contribution in [0.4, 0.5) is 4.79 Å². The van der Waals surface area contributed by atoms with Crippen LogP contribution in [0.15, 0.2) is 30.3 Å². The highest BCUT2D eigenvalue weighted by atomic mass is 16.5. The lowest BCUT2D eigenvalue weighted by molar-refractivity contribution is -0.125. The first-order valence-electron chi connectivity index (χ1n) is 7.60. The second kappa shape index (κ2) is 9.95. The van der Waals surface area contributed by atoms with Gasteiger partial charge in [-0.05, 0) is 24.8 Å². The molecule has 0 radical (unpaired) electrons. The number of rotatable bonds is 9. The minimum absolute atomic E-state index is 0.00680. The maximum Gasteiger partial charge on any atom is 0.408 e. The quantitative estimate of drug-likeness (QED) is 0.762. The number of alkyl carbamates (subject to hydrolysis) is 1. The summed E-state index contributed by atoms with van der Waals surface area (Å²) in [5.41, 5.74) is 0.902. The summed E-state index contributed by atoms with van der Waals surface area (Å²) in [6, 6.07) is 8.83. The lowest BCUT2D eigenvalue weighted by Gasteiger charge is -2.19. The number of benzene rings is 1. The molecule has 0 unspecified atom stereocenters. The zero-order valence-electron chi connectivity index (χ0n) is 13.5. The van der Waals surface area contributed by atoms with E-state index in [1.165, 1.54) is 0 Å². The van der Waals surface area contributed by atoms with Crippen molar-refractivity contribution in [3.63, 3.8) is 0 Å². The molecule has 0 heterocycles. The topological polar surface area (TPSA) is 64.6 Å². The number of hydrogen-bond donors (Lipinski definition) is 1. The molecule has 1 amide bonds. The van der Waals surface area contributed by atoms with Gasteiger partial charge in [-0.15, -0.1) is 0 Å². The summed E-state index contributed by atoms with van der Waals surface area (Å²) < 4.78 is 10.3. The molecule has 0 fully saturated rings. The van der Waals surface area contributed by atoms with Crippen LogP contribution < -0.4 is 5.32 Å². The molecule has 0 saturated carbocycles. The Labute approximate surface area is 132 Å². The number of ether oxygens (including phenoxy) is 2. The first kappa shape index (κ1) is 18.2. The molecule has 1 aromatic rings. The molecule has 0 aliphatic heterocycles. The zero-order valence-corrected chi connectivity index (χ0v) is 13.5. The van der Waals surface area contributed by atoms with Crippen LogP contribution in [0.5, 0.6) is 0 Å². The highest BCUT2D eigenvalue weighted by molar-refractivity contribution is 5.88. The summed E-state index contributed by atoms with van der Waals surface area (Å²) in [7, 11) is 0. The summed E-state index contributed by atoms with van der Waals surface area (Å²) in [6.45, 7) is 6.48. The van der Waals surface area contributed by atoms with Crippen molar-refractivity contribution in [1.29, 1.82) is 0 Å². The monoisotopic (exact) mass is 307 g/mol. The van der Waals surface area contributed by atoms with E-state index in [-0.39, 0.29) is 24.9 Å². The van der Waals surface area contributed by atoms with Crippen LogP contribution in [-0.2, 0) is 20.9 Å². The van der Waals surface area contributed by atoms with Crippen molar-refractivity contribution in [3.05, 3.63) is 35.9 Å². The highest BCUT2D eigenvalue weighted by Crippen LogP contribution is 2.07. The van der Waals surface area contributed by atoms with E-state index in [1.54, 1.807) is 0 Å². The van der Waals surface area contributed by atoms with E-state index in [0.717, 1.165) is 5.56 Å². The molecular formula is C17H25NO4. The van der Waals surface area contributed by atoms with Gasteiger partial charge < -0.3 is 14.8 Å². The van der Waals surface area contributed by atoms with Crippen molar-refractivity contribution in [2.75, 3.05) is 13.2 Å². The smallest absolute Gasteiger partial charge is 0.408 e. The Balaban J connectivity index is 2.49. The molecule has 0 aliphatic carbocycles. The number of carbonyl (C=O) groups is 2. The Morgan fingerprint density at radius 3 is 2.45 bits per heavy atom. The summed E-state index contributed by atoms with van der Waals surface area (Å²) in [5.74, 6) is 0.150. The fraction of sp³-hybridized carbons (Fsp3) is 0.529. The number of ketones is 1. The minimum Gasteiger partial charge on any atom is -0.445 e. The van der Waals surface area contributed by atoms with Gasteiger partial charge in [0.05, 0.1) is 6.04 Å². The number of hydrogen-bond acceptors (Lipinski definition) is 4. The third kappa shape index (κ3) is 7.22. The summed E-state index contributed by atoms with van der Waals surface area (Å²) in [5, 5.41) is 2.64. The highest BCUT2D eigenvalue weighted by Gasteiger charge is 2.22. The Morgan fingerprint density at radius 2 is 1.86 bits per heavy atom. The molecule has 0 spiro atoms. The molecule has 0 aromatic heterocycles. The van der Waals surface area contributed by atoms with Crippen LogP contribution in [0.25, 0.3) is 0 Å². The van der Waals surface area contributed by atoms with Crippen molar-refractivity contribution < 1.29 is 19.1 Å². The van der Waals surface area contributed by atoms with Crippen molar-refractivity contribution >= 4 is 11.9 Å². The van der Waals surface area contributed by atoms with E-state index >= 15 is 0 Å². The average Bonchev–Trinajstić information content (AvgIpc) is 2.50. The van der Waals surface area contributed by atoms with E-state index in [2.05, 4.69) is 5.32 Å². The van der Waals surface area contributed by atoms with Gasteiger partial charge >= 0.3 is 6.09 Å². The standard InChI is InChI=1S/C17H25NO4/c1-4-21-12-16(19)15(10-13(2)3)18-17(20)22-11-14-8-6-5-7-9-14/h5-9,13,15H,4,10-12H2,1-3H3,(H,18,20)/t15-/m0/s1. The first-order chi connectivity index (χ1) is 10.5. The molecule has 22 heavy (non-hydrogen) atoms. The van der Waals surface area contributed by atoms with Gasteiger partial charge in [-0.3, -0.25) is 4.79 Å². The Hall–Kier alpha value is -1.88. The third-order valence-corrected chi connectivity index (χ3v) is 3.05. The van der Waals surface area contributed by atoms with E-state index in [0.29, 0.717) is 13.0 Å². The predicted octanol–water partition coefficient (Wildman–Crippen LogP) is 2.93. The van der Waals surface area contributed by atoms with Crippen LogP contribution in [0, 0.1) is 5.92 Å². The number of carbonyl (C=O) groups excluding carboxylic acids is 2. The maximum atomic E-state index is 12.1. The van der Waals surface area contributed by atoms with Crippen molar-refractivity contribution in [2.24, 2.45) is 5.92 Å². The second-order valence-corrected chi connectivity index (χ2v) is 5.49. The molecular weight excluding hydrogens is 282 g/mol. The molecule has 1 rings (SSSR count). The Bertz CT molecular complexity index is 459. The van der Waals surface area contributed by atoms with Crippen LogP contribution in [-0.4, -0.2) is 31.1 Å². The second-order valence-electron chi connectivity index (χ2n) is 5.49. The molecule has 5 heteroatoms. The summed E-state index contributed by atoms with van der Waals surface area (Å²) >= 11 is 0. The molecule has 5 nitrogen and oxygen atoms in total. The van der Waals surface area contributed by atoms with Gasteiger partial charge in [0.2, 0.25) is 0 Å². The molecule has 1 atom stereocenters. The molecule has 1 aromatic carbocycles. The van der Waals surface area contributed by atoms with Gasteiger partial charge in [-0.2, -0.15) is 0 Å². The van der Waals surface area contributed by atoms with Gasteiger partial charge in [-0.25, -0.2) is 4.79 Å². The van der Waals surface area contributed by atoms with Gasteiger partial charge in [0.1, 0.15) is 13.2 Å². The molecule has 122 valence electrons. The van der Waals surface area contributed by atoms with Crippen LogP contribution in [0.2, 0.25) is 0 Å². The van der Waals surface area contributed by atoms with Gasteiger partial charge in [0.25, 0.3) is 0 Å². The van der Waals surface area contributed by atoms with E-state index in [4.69, 9.17) is 9.47 Å². The van der Waals surface area contributed by atoms with Crippen molar-refractivity contribution in [3.8, 4) is 0 Å². The Morgan fingerprint density at radius 1 is 1.18 bits per heavy atom. The minimum atomic E-state index is -0.584. The molecule has 1 N–H and O–H groups in total. The average molecular weight is 307 g/mol. The predicted molar refractivity (Wildman–Crippen MR) is 84.5 cm³/mol. The maximum absolute atomic E-state index is 12.1. The van der Waals surface area contributed by atoms with Crippen molar-refractivity contribution in [2.45, 2.75) is 39.8 Å². The van der Waals surface area contributed by atoms with Gasteiger partial charge in [0.15, 0.2) is 5.78 Å². The summed E-state index contributed by atoms with van der Waals surface area (Å²) in [4.78, 5) is 23.9. The Kier molecular flexibility index (Phi) is 8.22. The lowest BCUT2D eigenvalue weighted by atomic mass is 10.0. The normalized spacial score (nSPS) is 12.0. The molecule has 0 bridgehead atoms. The lowest BCUT2D eigenvalue weighted by Crippen LogP contribution is -2.43. The fourth-order valence-corrected chi connectivity index (χ4v) is 1.95. The van der Waals surface area contributed by atoms with E-state index in [9.17, 15) is 9.59 Å². The number of Topliss-reactive ketones (excluding diaryl/α,β-unsaturated/α-hetero) is 1. The van der Waals surface area contributed by atoms with E-state index in [1.807, 2.05) is 51.1 Å². The van der Waals surface area contributed by atoms with Crippen LogP contribution in [0.1, 0.15) is 32.8 Å². The number of amides is 1. The van der Waals surface area contributed by atoms with Crippen LogP contribution >= 0.6 is 0 Å².